The van der Waals surface area contributed by atoms with E-state index in [1.165, 1.54) is 25.2 Å². The first-order valence-corrected chi connectivity index (χ1v) is 4.94. The molecule has 0 fully saturated rings. The van der Waals surface area contributed by atoms with Gasteiger partial charge in [-0.2, -0.15) is 8.42 Å². The van der Waals surface area contributed by atoms with Gasteiger partial charge in [0.25, 0.3) is 10.2 Å². The molecule has 1 aromatic rings. The predicted molar refractivity (Wildman–Crippen MR) is 47.9 cm³/mol. The van der Waals surface area contributed by atoms with Crippen LogP contribution in [0.1, 0.15) is 0 Å². The van der Waals surface area contributed by atoms with Crippen LogP contribution in [0.5, 0.6) is 0 Å². The molecule has 6 heteroatoms. The fourth-order valence-corrected chi connectivity index (χ4v) is 1.23. The van der Waals surface area contributed by atoms with E-state index in [1.807, 2.05) is 0 Å². The molecule has 0 amide bonds. The van der Waals surface area contributed by atoms with Crippen LogP contribution >= 0.6 is 0 Å². The van der Waals surface area contributed by atoms with Crippen LogP contribution in [0.25, 0.3) is 0 Å². The number of benzene rings is 1. The summed E-state index contributed by atoms with van der Waals surface area (Å²) in [4.78, 5) is 0. The zero-order valence-corrected chi connectivity index (χ0v) is 7.75. The molecule has 0 bridgehead atoms. The highest BCUT2D eigenvalue weighted by atomic mass is 32.2. The Morgan fingerprint density at radius 3 is 2.54 bits per heavy atom. The van der Waals surface area contributed by atoms with Crippen molar-refractivity contribution in [2.45, 2.75) is 0 Å². The van der Waals surface area contributed by atoms with Crippen molar-refractivity contribution in [3.63, 3.8) is 0 Å². The molecule has 1 rings (SSSR count). The second kappa shape index (κ2) is 3.31. The molecule has 0 saturated carbocycles. The Balaban J connectivity index is 3.10. The van der Waals surface area contributed by atoms with Gasteiger partial charge in [0.1, 0.15) is 5.82 Å². The lowest BCUT2D eigenvalue weighted by molar-refractivity contribution is 0.595. The molecule has 0 aliphatic rings. The highest BCUT2D eigenvalue weighted by molar-refractivity contribution is 7.90. The van der Waals surface area contributed by atoms with E-state index in [-0.39, 0.29) is 5.69 Å². The molecule has 1 aromatic carbocycles. The van der Waals surface area contributed by atoms with Gasteiger partial charge >= 0.3 is 0 Å². The summed E-state index contributed by atoms with van der Waals surface area (Å²) in [6, 6.07) is 5.17. The van der Waals surface area contributed by atoms with Gasteiger partial charge in [-0.15, -0.1) is 0 Å². The summed E-state index contributed by atoms with van der Waals surface area (Å²) in [5, 5.41) is 4.84. The van der Waals surface area contributed by atoms with Crippen LogP contribution in [0.4, 0.5) is 10.1 Å². The molecule has 0 saturated heterocycles. The summed E-state index contributed by atoms with van der Waals surface area (Å²) in [6.45, 7) is 0. The van der Waals surface area contributed by atoms with E-state index >= 15 is 0 Å². The van der Waals surface area contributed by atoms with Crippen molar-refractivity contribution in [3.8, 4) is 0 Å². The number of anilines is 1. The summed E-state index contributed by atoms with van der Waals surface area (Å²) in [5.41, 5.74) is 0.197. The Morgan fingerprint density at radius 1 is 1.46 bits per heavy atom. The summed E-state index contributed by atoms with van der Waals surface area (Å²) in [6.07, 6.45) is 0. The highest BCUT2D eigenvalue weighted by Gasteiger charge is 2.12. The van der Waals surface area contributed by atoms with Gasteiger partial charge in [-0.3, -0.25) is 4.31 Å². The zero-order chi connectivity index (χ0) is 10.1. The standard InChI is InChI=1S/C7H9FN2O2S/c1-10(13(9,11)12)7-4-2-3-6(8)5-7/h2-5H,1H3,(H2,9,11,12). The zero-order valence-electron chi connectivity index (χ0n) is 6.94. The summed E-state index contributed by atoms with van der Waals surface area (Å²) >= 11 is 0. The molecule has 2 N–H and O–H groups in total. The maximum Gasteiger partial charge on any atom is 0.298 e. The van der Waals surface area contributed by atoms with E-state index in [9.17, 15) is 12.8 Å². The third kappa shape index (κ3) is 2.40. The summed E-state index contributed by atoms with van der Waals surface area (Å²) < 4.78 is 35.1. The molecule has 0 aromatic heterocycles. The summed E-state index contributed by atoms with van der Waals surface area (Å²) in [7, 11) is -2.55. The second-order valence-corrected chi connectivity index (χ2v) is 4.07. The minimum Gasteiger partial charge on any atom is -0.261 e. The van der Waals surface area contributed by atoms with Gasteiger partial charge in [-0.05, 0) is 18.2 Å². The molecule has 4 nitrogen and oxygen atoms in total. The normalized spacial score (nSPS) is 11.3. The lowest BCUT2D eigenvalue weighted by Crippen LogP contribution is -2.33. The van der Waals surface area contributed by atoms with Crippen LogP contribution in [0.2, 0.25) is 0 Å². The van der Waals surface area contributed by atoms with E-state index in [2.05, 4.69) is 0 Å². The molecule has 0 aliphatic heterocycles. The topological polar surface area (TPSA) is 63.4 Å². The van der Waals surface area contributed by atoms with E-state index in [0.717, 1.165) is 10.4 Å². The van der Waals surface area contributed by atoms with Gasteiger partial charge in [0.05, 0.1) is 5.69 Å². The first kappa shape index (κ1) is 9.94. The molecule has 0 radical (unpaired) electrons. The van der Waals surface area contributed by atoms with Crippen molar-refractivity contribution >= 4 is 15.9 Å². The van der Waals surface area contributed by atoms with E-state index < -0.39 is 16.0 Å². The van der Waals surface area contributed by atoms with Crippen LogP contribution in [0.3, 0.4) is 0 Å². The van der Waals surface area contributed by atoms with Crippen molar-refractivity contribution < 1.29 is 12.8 Å². The average molecular weight is 204 g/mol. The quantitative estimate of drug-likeness (QED) is 0.760. The van der Waals surface area contributed by atoms with E-state index in [4.69, 9.17) is 5.14 Å². The van der Waals surface area contributed by atoms with Crippen LogP contribution in [0, 0.1) is 5.82 Å². The first-order valence-electron chi connectivity index (χ1n) is 3.43. The van der Waals surface area contributed by atoms with Gasteiger partial charge in [-0.25, -0.2) is 9.53 Å². The van der Waals surface area contributed by atoms with Crippen LogP contribution in [-0.2, 0) is 10.2 Å². The monoisotopic (exact) mass is 204 g/mol. The van der Waals surface area contributed by atoms with Crippen molar-refractivity contribution in [1.82, 2.24) is 0 Å². The maximum atomic E-state index is 12.7. The molecule has 0 unspecified atom stereocenters. The van der Waals surface area contributed by atoms with Crippen molar-refractivity contribution in [2.24, 2.45) is 5.14 Å². The van der Waals surface area contributed by atoms with Crippen molar-refractivity contribution in [1.29, 1.82) is 0 Å². The van der Waals surface area contributed by atoms with Gasteiger partial charge in [0.15, 0.2) is 0 Å². The van der Waals surface area contributed by atoms with Gasteiger partial charge < -0.3 is 0 Å². The Labute approximate surface area is 76.0 Å². The van der Waals surface area contributed by atoms with Gasteiger partial charge in [-0.1, -0.05) is 6.07 Å². The number of nitrogens with zero attached hydrogens (tertiary/aromatic N) is 1. The lowest BCUT2D eigenvalue weighted by Gasteiger charge is -2.15. The Morgan fingerprint density at radius 2 is 2.08 bits per heavy atom. The maximum absolute atomic E-state index is 12.7. The molecular weight excluding hydrogens is 195 g/mol. The van der Waals surface area contributed by atoms with Crippen LogP contribution in [0.15, 0.2) is 24.3 Å². The SMILES string of the molecule is CN(c1cccc(F)c1)S(N)(=O)=O. The number of halogens is 1. The molecule has 0 aliphatic carbocycles. The number of rotatable bonds is 2. The highest BCUT2D eigenvalue weighted by Crippen LogP contribution is 2.14. The average Bonchev–Trinajstić information content (AvgIpc) is 2.01. The minimum absolute atomic E-state index is 0.197. The third-order valence-corrected chi connectivity index (χ3v) is 2.53. The Kier molecular flexibility index (Phi) is 2.53. The Hall–Kier alpha value is -1.14. The second-order valence-electron chi connectivity index (χ2n) is 2.49. The van der Waals surface area contributed by atoms with Crippen molar-refractivity contribution in [3.05, 3.63) is 30.1 Å². The van der Waals surface area contributed by atoms with E-state index in [0.29, 0.717) is 0 Å². The molecule has 72 valence electrons. The first-order chi connectivity index (χ1) is 5.91. The fourth-order valence-electron chi connectivity index (χ4n) is 0.819. The fraction of sp³-hybridized carbons (Fsp3) is 0.143. The molecule has 0 atom stereocenters. The van der Waals surface area contributed by atoms with Gasteiger partial charge in [0.2, 0.25) is 0 Å². The van der Waals surface area contributed by atoms with E-state index in [1.54, 1.807) is 0 Å². The predicted octanol–water partition coefficient (Wildman–Crippen LogP) is 0.465. The third-order valence-electron chi connectivity index (χ3n) is 1.55. The van der Waals surface area contributed by atoms with Crippen LogP contribution in [-0.4, -0.2) is 15.5 Å². The smallest absolute Gasteiger partial charge is 0.261 e. The molecular formula is C7H9FN2O2S. The van der Waals surface area contributed by atoms with Crippen LogP contribution < -0.4 is 9.44 Å². The van der Waals surface area contributed by atoms with Gasteiger partial charge in [0, 0.05) is 7.05 Å². The molecule has 0 heterocycles. The molecule has 13 heavy (non-hydrogen) atoms. The number of nitrogens with two attached hydrogens (primary N) is 1. The minimum atomic E-state index is -3.81. The number of hydrogen-bond donors (Lipinski definition) is 1. The molecule has 0 spiro atoms. The number of hydrogen-bond acceptors (Lipinski definition) is 2. The lowest BCUT2D eigenvalue weighted by atomic mass is 10.3. The van der Waals surface area contributed by atoms with Crippen molar-refractivity contribution in [2.75, 3.05) is 11.4 Å². The Bertz CT molecular complexity index is 405. The largest absolute Gasteiger partial charge is 0.298 e. The summed E-state index contributed by atoms with van der Waals surface area (Å²) in [5.74, 6) is -0.506.